The summed E-state index contributed by atoms with van der Waals surface area (Å²) in [7, 11) is 3.56. The SMILES string of the molecule is CNc1nccc(N(CCOC)C2CC2)n1. The maximum absolute atomic E-state index is 5.13. The molecule has 0 unspecified atom stereocenters. The summed E-state index contributed by atoms with van der Waals surface area (Å²) in [5, 5.41) is 2.96. The summed E-state index contributed by atoms with van der Waals surface area (Å²) in [6, 6.07) is 2.59. The van der Waals surface area contributed by atoms with Crippen LogP contribution in [0.25, 0.3) is 0 Å². The van der Waals surface area contributed by atoms with Gasteiger partial charge in [0.05, 0.1) is 6.61 Å². The van der Waals surface area contributed by atoms with E-state index >= 15 is 0 Å². The summed E-state index contributed by atoms with van der Waals surface area (Å²) >= 11 is 0. The highest BCUT2D eigenvalue weighted by atomic mass is 16.5. The first-order valence-electron chi connectivity index (χ1n) is 5.61. The van der Waals surface area contributed by atoms with E-state index in [0.29, 0.717) is 12.0 Å². The zero-order valence-electron chi connectivity index (χ0n) is 9.81. The predicted octanol–water partition coefficient (Wildman–Crippen LogP) is 1.13. The lowest BCUT2D eigenvalue weighted by molar-refractivity contribution is 0.204. The highest BCUT2D eigenvalue weighted by Gasteiger charge is 2.29. The number of aromatic nitrogens is 2. The molecule has 0 bridgehead atoms. The molecule has 0 spiro atoms. The van der Waals surface area contributed by atoms with Gasteiger partial charge in [-0.25, -0.2) is 4.98 Å². The molecular weight excluding hydrogens is 204 g/mol. The quantitative estimate of drug-likeness (QED) is 0.782. The zero-order valence-corrected chi connectivity index (χ0v) is 9.81. The van der Waals surface area contributed by atoms with Crippen molar-refractivity contribution < 1.29 is 4.74 Å². The molecule has 5 heteroatoms. The third-order valence-electron chi connectivity index (χ3n) is 2.68. The van der Waals surface area contributed by atoms with Gasteiger partial charge in [0.1, 0.15) is 5.82 Å². The zero-order chi connectivity index (χ0) is 11.4. The van der Waals surface area contributed by atoms with Crippen molar-refractivity contribution in [2.45, 2.75) is 18.9 Å². The van der Waals surface area contributed by atoms with Crippen LogP contribution in [0.4, 0.5) is 11.8 Å². The van der Waals surface area contributed by atoms with Crippen molar-refractivity contribution in [3.05, 3.63) is 12.3 Å². The van der Waals surface area contributed by atoms with Gasteiger partial charge in [-0.1, -0.05) is 0 Å². The molecule has 1 aliphatic carbocycles. The van der Waals surface area contributed by atoms with Crippen molar-refractivity contribution in [2.75, 3.05) is 37.5 Å². The standard InChI is InChI=1S/C11H18N4O/c1-12-11-13-6-5-10(14-11)15(7-8-16-2)9-3-4-9/h5-6,9H,3-4,7-8H2,1-2H3,(H,12,13,14). The van der Waals surface area contributed by atoms with Crippen molar-refractivity contribution in [1.82, 2.24) is 9.97 Å². The van der Waals surface area contributed by atoms with E-state index in [4.69, 9.17) is 4.74 Å². The Balaban J connectivity index is 2.10. The second-order valence-corrected chi connectivity index (χ2v) is 3.91. The van der Waals surface area contributed by atoms with Gasteiger partial charge in [0.25, 0.3) is 0 Å². The lowest BCUT2D eigenvalue weighted by Gasteiger charge is -2.23. The van der Waals surface area contributed by atoms with Gasteiger partial charge in [-0.3, -0.25) is 0 Å². The molecule has 0 saturated heterocycles. The van der Waals surface area contributed by atoms with E-state index in [2.05, 4.69) is 20.2 Å². The van der Waals surface area contributed by atoms with Gasteiger partial charge in [0.2, 0.25) is 5.95 Å². The molecule has 0 aliphatic heterocycles. The molecule has 1 aliphatic rings. The van der Waals surface area contributed by atoms with E-state index < -0.39 is 0 Å². The second-order valence-electron chi connectivity index (χ2n) is 3.91. The van der Waals surface area contributed by atoms with Gasteiger partial charge in [-0.15, -0.1) is 0 Å². The summed E-state index contributed by atoms with van der Waals surface area (Å²) in [5.74, 6) is 1.65. The van der Waals surface area contributed by atoms with Crippen LogP contribution in [0.5, 0.6) is 0 Å². The predicted molar refractivity (Wildman–Crippen MR) is 63.8 cm³/mol. The van der Waals surface area contributed by atoms with Crippen LogP contribution in [0.1, 0.15) is 12.8 Å². The molecule has 0 atom stereocenters. The molecular formula is C11H18N4O. The average molecular weight is 222 g/mol. The number of nitrogens with one attached hydrogen (secondary N) is 1. The highest BCUT2D eigenvalue weighted by molar-refractivity contribution is 5.44. The molecule has 0 aromatic carbocycles. The van der Waals surface area contributed by atoms with Gasteiger partial charge in [0, 0.05) is 32.9 Å². The average Bonchev–Trinajstić information content (AvgIpc) is 3.14. The normalized spacial score (nSPS) is 14.9. The van der Waals surface area contributed by atoms with Crippen molar-refractivity contribution in [3.63, 3.8) is 0 Å². The van der Waals surface area contributed by atoms with Crippen molar-refractivity contribution >= 4 is 11.8 Å². The van der Waals surface area contributed by atoms with Crippen LogP contribution in [0.15, 0.2) is 12.3 Å². The molecule has 88 valence electrons. The monoisotopic (exact) mass is 222 g/mol. The molecule has 1 aromatic rings. The fourth-order valence-electron chi connectivity index (χ4n) is 1.69. The Labute approximate surface area is 95.8 Å². The minimum Gasteiger partial charge on any atom is -0.383 e. The minimum atomic E-state index is 0.634. The van der Waals surface area contributed by atoms with E-state index in [1.807, 2.05) is 13.1 Å². The maximum atomic E-state index is 5.13. The molecule has 1 N–H and O–H groups in total. The van der Waals surface area contributed by atoms with Gasteiger partial charge in [0.15, 0.2) is 0 Å². The molecule has 0 amide bonds. The van der Waals surface area contributed by atoms with Gasteiger partial charge >= 0.3 is 0 Å². The fourth-order valence-corrected chi connectivity index (χ4v) is 1.69. The van der Waals surface area contributed by atoms with E-state index in [1.54, 1.807) is 13.3 Å². The molecule has 1 heterocycles. The van der Waals surface area contributed by atoms with E-state index in [0.717, 1.165) is 19.0 Å². The summed E-state index contributed by atoms with van der Waals surface area (Å²) in [6.07, 6.45) is 4.29. The Morgan fingerprint density at radius 3 is 3.00 bits per heavy atom. The smallest absolute Gasteiger partial charge is 0.224 e. The largest absolute Gasteiger partial charge is 0.383 e. The number of ether oxygens (including phenoxy) is 1. The first kappa shape index (κ1) is 11.1. The summed E-state index contributed by atoms with van der Waals surface area (Å²) in [5.41, 5.74) is 0. The Morgan fingerprint density at radius 1 is 1.56 bits per heavy atom. The van der Waals surface area contributed by atoms with Crippen LogP contribution >= 0.6 is 0 Å². The molecule has 2 rings (SSSR count). The topological polar surface area (TPSA) is 50.3 Å². The summed E-state index contributed by atoms with van der Waals surface area (Å²) in [6.45, 7) is 1.62. The van der Waals surface area contributed by atoms with Crippen molar-refractivity contribution in [3.8, 4) is 0 Å². The molecule has 5 nitrogen and oxygen atoms in total. The lowest BCUT2D eigenvalue weighted by Crippen LogP contribution is -2.30. The molecule has 16 heavy (non-hydrogen) atoms. The van der Waals surface area contributed by atoms with Crippen LogP contribution < -0.4 is 10.2 Å². The van der Waals surface area contributed by atoms with Crippen LogP contribution in [0.2, 0.25) is 0 Å². The molecule has 1 aromatic heterocycles. The Bertz CT molecular complexity index is 341. The number of hydrogen-bond acceptors (Lipinski definition) is 5. The number of methoxy groups -OCH3 is 1. The van der Waals surface area contributed by atoms with E-state index in [1.165, 1.54) is 12.8 Å². The first-order chi connectivity index (χ1) is 7.85. The van der Waals surface area contributed by atoms with Crippen LogP contribution in [-0.4, -0.2) is 43.3 Å². The number of anilines is 2. The van der Waals surface area contributed by atoms with Crippen molar-refractivity contribution in [1.29, 1.82) is 0 Å². The number of rotatable bonds is 6. The van der Waals surface area contributed by atoms with Crippen molar-refractivity contribution in [2.24, 2.45) is 0 Å². The number of nitrogens with zero attached hydrogens (tertiary/aromatic N) is 3. The molecule has 1 fully saturated rings. The van der Waals surface area contributed by atoms with Gasteiger partial charge in [-0.05, 0) is 18.9 Å². The fraction of sp³-hybridized carbons (Fsp3) is 0.636. The summed E-state index contributed by atoms with van der Waals surface area (Å²) < 4.78 is 5.13. The lowest BCUT2D eigenvalue weighted by atomic mass is 10.4. The first-order valence-corrected chi connectivity index (χ1v) is 5.61. The van der Waals surface area contributed by atoms with Gasteiger partial charge in [-0.2, -0.15) is 4.98 Å². The van der Waals surface area contributed by atoms with Crippen LogP contribution in [-0.2, 0) is 4.74 Å². The second kappa shape index (κ2) is 5.12. The summed E-state index contributed by atoms with van der Waals surface area (Å²) in [4.78, 5) is 10.9. The molecule has 0 radical (unpaired) electrons. The van der Waals surface area contributed by atoms with Crippen LogP contribution in [0, 0.1) is 0 Å². The minimum absolute atomic E-state index is 0.634. The Hall–Kier alpha value is -1.36. The highest BCUT2D eigenvalue weighted by Crippen LogP contribution is 2.30. The Morgan fingerprint density at radius 2 is 2.38 bits per heavy atom. The van der Waals surface area contributed by atoms with E-state index in [-0.39, 0.29) is 0 Å². The maximum Gasteiger partial charge on any atom is 0.224 e. The van der Waals surface area contributed by atoms with Gasteiger partial charge < -0.3 is 15.0 Å². The van der Waals surface area contributed by atoms with Crippen LogP contribution in [0.3, 0.4) is 0 Å². The van der Waals surface area contributed by atoms with E-state index in [9.17, 15) is 0 Å². The Kier molecular flexibility index (Phi) is 3.56. The third-order valence-corrected chi connectivity index (χ3v) is 2.68. The third kappa shape index (κ3) is 2.61. The molecule has 1 saturated carbocycles. The number of hydrogen-bond donors (Lipinski definition) is 1.